The second-order valence-corrected chi connectivity index (χ2v) is 6.44. The average molecular weight is 348 g/mol. The smallest absolute Gasteiger partial charge is 0.222 e. The lowest BCUT2D eigenvalue weighted by Gasteiger charge is -2.18. The molecule has 0 N–H and O–H groups in total. The number of amides is 1. The Balaban J connectivity index is 1.54. The monoisotopic (exact) mass is 348 g/mol. The lowest BCUT2D eigenvalue weighted by Crippen LogP contribution is -2.26. The lowest BCUT2D eigenvalue weighted by atomic mass is 10.1. The van der Waals surface area contributed by atoms with Crippen LogP contribution in [0.1, 0.15) is 24.0 Å². The fourth-order valence-electron chi connectivity index (χ4n) is 3.08. The third-order valence-corrected chi connectivity index (χ3v) is 4.58. The zero-order valence-corrected chi connectivity index (χ0v) is 15.3. The molecule has 4 nitrogen and oxygen atoms in total. The van der Waals surface area contributed by atoms with Crippen LogP contribution in [0.25, 0.3) is 10.9 Å². The molecule has 2 aromatic carbocycles. The first-order chi connectivity index (χ1) is 12.7. The van der Waals surface area contributed by atoms with Crippen LogP contribution in [0.5, 0.6) is 5.75 Å². The van der Waals surface area contributed by atoms with E-state index >= 15 is 0 Å². The standard InChI is InChI=1S/C22H24N2O2/c1-24(16-18-7-4-9-21-20(18)8-5-15-23-21)22(25)10-3-6-17-11-13-19(26-2)14-12-17/h4-5,7-9,11-15H,3,6,10,16H2,1-2H3. The van der Waals surface area contributed by atoms with Crippen molar-refractivity contribution in [3.8, 4) is 5.75 Å². The van der Waals surface area contributed by atoms with Gasteiger partial charge in [-0.2, -0.15) is 0 Å². The van der Waals surface area contributed by atoms with Crippen LogP contribution in [0.2, 0.25) is 0 Å². The molecule has 0 spiro atoms. The Kier molecular flexibility index (Phi) is 5.84. The largest absolute Gasteiger partial charge is 0.497 e. The molecule has 0 aliphatic heterocycles. The van der Waals surface area contributed by atoms with Crippen molar-refractivity contribution in [2.75, 3.05) is 14.2 Å². The summed E-state index contributed by atoms with van der Waals surface area (Å²) in [4.78, 5) is 18.6. The number of carbonyl (C=O) groups is 1. The molecule has 1 amide bonds. The number of ether oxygens (including phenoxy) is 1. The number of methoxy groups -OCH3 is 1. The first-order valence-electron chi connectivity index (χ1n) is 8.87. The van der Waals surface area contributed by atoms with E-state index in [1.807, 2.05) is 37.4 Å². The van der Waals surface area contributed by atoms with E-state index in [4.69, 9.17) is 4.74 Å². The summed E-state index contributed by atoms with van der Waals surface area (Å²) >= 11 is 0. The number of hydrogen-bond donors (Lipinski definition) is 0. The van der Waals surface area contributed by atoms with Crippen molar-refractivity contribution in [3.05, 3.63) is 71.9 Å². The summed E-state index contributed by atoms with van der Waals surface area (Å²) in [7, 11) is 3.53. The molecule has 1 heterocycles. The molecular weight excluding hydrogens is 324 g/mol. The molecule has 3 rings (SSSR count). The summed E-state index contributed by atoms with van der Waals surface area (Å²) < 4.78 is 5.17. The van der Waals surface area contributed by atoms with Gasteiger partial charge in [-0.05, 0) is 48.2 Å². The van der Waals surface area contributed by atoms with Crippen LogP contribution < -0.4 is 4.74 Å². The number of hydrogen-bond acceptors (Lipinski definition) is 3. The van der Waals surface area contributed by atoms with Crippen molar-refractivity contribution < 1.29 is 9.53 Å². The molecule has 3 aromatic rings. The van der Waals surface area contributed by atoms with E-state index in [9.17, 15) is 4.79 Å². The van der Waals surface area contributed by atoms with Crippen molar-refractivity contribution in [3.63, 3.8) is 0 Å². The zero-order chi connectivity index (χ0) is 18.4. The molecule has 0 radical (unpaired) electrons. The van der Waals surface area contributed by atoms with Crippen LogP contribution in [0, 0.1) is 0 Å². The van der Waals surface area contributed by atoms with Gasteiger partial charge in [0, 0.05) is 31.6 Å². The summed E-state index contributed by atoms with van der Waals surface area (Å²) in [6, 6.07) is 18.1. The van der Waals surface area contributed by atoms with Gasteiger partial charge in [0.15, 0.2) is 0 Å². The predicted molar refractivity (Wildman–Crippen MR) is 104 cm³/mol. The van der Waals surface area contributed by atoms with Crippen molar-refractivity contribution in [1.82, 2.24) is 9.88 Å². The summed E-state index contributed by atoms with van der Waals surface area (Å²) in [6.45, 7) is 0.602. The SMILES string of the molecule is COc1ccc(CCCC(=O)N(C)Cc2cccc3ncccc23)cc1. The van der Waals surface area contributed by atoms with Gasteiger partial charge in [0.05, 0.1) is 12.6 Å². The van der Waals surface area contributed by atoms with Gasteiger partial charge >= 0.3 is 0 Å². The Morgan fingerprint density at radius 3 is 2.65 bits per heavy atom. The van der Waals surface area contributed by atoms with Crippen molar-refractivity contribution in [2.45, 2.75) is 25.8 Å². The Bertz CT molecular complexity index is 869. The zero-order valence-electron chi connectivity index (χ0n) is 15.3. The minimum atomic E-state index is 0.166. The van der Waals surface area contributed by atoms with Crippen LogP contribution in [-0.4, -0.2) is 29.9 Å². The highest BCUT2D eigenvalue weighted by molar-refractivity contribution is 5.83. The number of rotatable bonds is 7. The van der Waals surface area contributed by atoms with E-state index in [2.05, 4.69) is 29.2 Å². The third kappa shape index (κ3) is 4.39. The van der Waals surface area contributed by atoms with E-state index in [1.165, 1.54) is 5.56 Å². The minimum absolute atomic E-state index is 0.166. The molecule has 0 fully saturated rings. The quantitative estimate of drug-likeness (QED) is 0.642. The van der Waals surface area contributed by atoms with E-state index in [0.29, 0.717) is 13.0 Å². The Morgan fingerprint density at radius 2 is 1.88 bits per heavy atom. The molecule has 134 valence electrons. The van der Waals surface area contributed by atoms with E-state index < -0.39 is 0 Å². The maximum Gasteiger partial charge on any atom is 0.222 e. The van der Waals surface area contributed by atoms with Gasteiger partial charge < -0.3 is 9.64 Å². The first-order valence-corrected chi connectivity index (χ1v) is 8.87. The molecule has 0 saturated carbocycles. The molecule has 0 aliphatic carbocycles. The summed E-state index contributed by atoms with van der Waals surface area (Å²) in [5.74, 6) is 1.02. The molecule has 0 unspecified atom stereocenters. The molecule has 0 bridgehead atoms. The van der Waals surface area contributed by atoms with Gasteiger partial charge in [0.1, 0.15) is 5.75 Å². The number of nitrogens with zero attached hydrogens (tertiary/aromatic N) is 2. The molecule has 0 aliphatic rings. The van der Waals surface area contributed by atoms with E-state index in [0.717, 1.165) is 35.1 Å². The van der Waals surface area contributed by atoms with Gasteiger partial charge in [-0.1, -0.05) is 30.3 Å². The van der Waals surface area contributed by atoms with Crippen LogP contribution >= 0.6 is 0 Å². The van der Waals surface area contributed by atoms with Gasteiger partial charge in [-0.3, -0.25) is 9.78 Å². The normalized spacial score (nSPS) is 10.7. The average Bonchev–Trinajstić information content (AvgIpc) is 2.68. The lowest BCUT2D eigenvalue weighted by molar-refractivity contribution is -0.130. The minimum Gasteiger partial charge on any atom is -0.497 e. The van der Waals surface area contributed by atoms with E-state index in [-0.39, 0.29) is 5.91 Å². The Labute approximate surface area is 154 Å². The number of aryl methyl sites for hydroxylation is 1. The van der Waals surface area contributed by atoms with Crippen LogP contribution in [0.15, 0.2) is 60.8 Å². The van der Waals surface area contributed by atoms with Crippen LogP contribution in [0.3, 0.4) is 0 Å². The Hall–Kier alpha value is -2.88. The highest BCUT2D eigenvalue weighted by Gasteiger charge is 2.11. The van der Waals surface area contributed by atoms with Crippen LogP contribution in [0.4, 0.5) is 0 Å². The number of pyridine rings is 1. The molecule has 0 atom stereocenters. The maximum absolute atomic E-state index is 12.5. The second kappa shape index (κ2) is 8.48. The molecule has 1 aromatic heterocycles. The fraction of sp³-hybridized carbons (Fsp3) is 0.273. The molecule has 26 heavy (non-hydrogen) atoms. The van der Waals surface area contributed by atoms with E-state index in [1.54, 1.807) is 18.2 Å². The summed E-state index contributed by atoms with van der Waals surface area (Å²) in [5.41, 5.74) is 3.31. The van der Waals surface area contributed by atoms with Crippen molar-refractivity contribution in [2.24, 2.45) is 0 Å². The van der Waals surface area contributed by atoms with Crippen molar-refractivity contribution in [1.29, 1.82) is 0 Å². The maximum atomic E-state index is 12.5. The highest BCUT2D eigenvalue weighted by atomic mass is 16.5. The number of fused-ring (bicyclic) bond motifs is 1. The topological polar surface area (TPSA) is 42.4 Å². The van der Waals surface area contributed by atoms with Gasteiger partial charge in [-0.15, -0.1) is 0 Å². The van der Waals surface area contributed by atoms with Crippen molar-refractivity contribution >= 4 is 16.8 Å². The molecular formula is C22H24N2O2. The predicted octanol–water partition coefficient (Wildman–Crippen LogP) is 4.22. The molecule has 4 heteroatoms. The first kappa shape index (κ1) is 17.9. The third-order valence-electron chi connectivity index (χ3n) is 4.58. The summed E-state index contributed by atoms with van der Waals surface area (Å²) in [5, 5.41) is 1.10. The number of carbonyl (C=O) groups excluding carboxylic acids is 1. The van der Waals surface area contributed by atoms with Gasteiger partial charge in [-0.25, -0.2) is 0 Å². The Morgan fingerprint density at radius 1 is 1.08 bits per heavy atom. The van der Waals surface area contributed by atoms with Gasteiger partial charge in [0.25, 0.3) is 0 Å². The number of benzene rings is 2. The second-order valence-electron chi connectivity index (χ2n) is 6.44. The molecule has 0 saturated heterocycles. The fourth-order valence-corrected chi connectivity index (χ4v) is 3.08. The summed E-state index contributed by atoms with van der Waals surface area (Å²) in [6.07, 6.45) is 4.07. The highest BCUT2D eigenvalue weighted by Crippen LogP contribution is 2.18. The van der Waals surface area contributed by atoms with Crippen LogP contribution in [-0.2, 0) is 17.8 Å². The number of aromatic nitrogens is 1. The van der Waals surface area contributed by atoms with Gasteiger partial charge in [0.2, 0.25) is 5.91 Å².